The molecule has 0 aromatic heterocycles. The molecule has 2 aliphatic rings. The lowest BCUT2D eigenvalue weighted by molar-refractivity contribution is -0.126. The molecule has 0 unspecified atom stereocenters. The Balaban J connectivity index is 1.55. The highest BCUT2D eigenvalue weighted by molar-refractivity contribution is 5.26. The second kappa shape index (κ2) is 11.2. The Labute approximate surface area is 184 Å². The third-order valence-corrected chi connectivity index (χ3v) is 5.80. The van der Waals surface area contributed by atoms with E-state index in [-0.39, 0.29) is 13.1 Å². The zero-order valence-electron chi connectivity index (χ0n) is 17.3. The van der Waals surface area contributed by atoms with E-state index in [1.807, 2.05) is 0 Å². The van der Waals surface area contributed by atoms with Crippen molar-refractivity contribution in [1.82, 2.24) is 10.6 Å². The molecule has 1 aromatic carbocycles. The van der Waals surface area contributed by atoms with Crippen molar-refractivity contribution in [2.24, 2.45) is 0 Å². The van der Waals surface area contributed by atoms with Crippen LogP contribution in [0.4, 0.5) is 0 Å². The van der Waals surface area contributed by atoms with Gasteiger partial charge in [-0.25, -0.2) is 0 Å². The van der Waals surface area contributed by atoms with E-state index in [2.05, 4.69) is 10.6 Å². The summed E-state index contributed by atoms with van der Waals surface area (Å²) in [6.45, 7) is -0.895. The molecule has 0 saturated carbocycles. The lowest BCUT2D eigenvalue weighted by atomic mass is 10.0. The van der Waals surface area contributed by atoms with Crippen molar-refractivity contribution < 1.29 is 50.3 Å². The smallest absolute Gasteiger partial charge is 0.134 e. The Kier molecular flexibility index (Phi) is 8.91. The minimum atomic E-state index is -1.54. The molecule has 12 heteroatoms. The largest absolute Gasteiger partial charge is 0.394 e. The fourth-order valence-electron chi connectivity index (χ4n) is 3.74. The number of nitrogens with one attached hydrogen (secondary N) is 2. The topological polar surface area (TPSA) is 204 Å². The number of hydrogen-bond acceptors (Lipinski definition) is 12. The van der Waals surface area contributed by atoms with Gasteiger partial charge in [0.15, 0.2) is 0 Å². The van der Waals surface area contributed by atoms with Crippen molar-refractivity contribution in [3.05, 3.63) is 35.4 Å². The maximum Gasteiger partial charge on any atom is 0.134 e. The molecule has 2 heterocycles. The number of ether oxygens (including phenoxy) is 2. The maximum atomic E-state index is 10.2. The predicted octanol–water partition coefficient (Wildman–Crippen LogP) is -4.19. The fourth-order valence-corrected chi connectivity index (χ4v) is 3.74. The molecule has 0 aliphatic carbocycles. The Bertz CT molecular complexity index is 651. The Morgan fingerprint density at radius 1 is 0.688 bits per heavy atom. The van der Waals surface area contributed by atoms with Gasteiger partial charge in [0.05, 0.1) is 13.2 Å². The number of aliphatic hydroxyl groups is 8. The molecular weight excluding hydrogens is 428 g/mol. The number of rotatable bonds is 10. The van der Waals surface area contributed by atoms with Gasteiger partial charge in [-0.15, -0.1) is 0 Å². The van der Waals surface area contributed by atoms with Crippen molar-refractivity contribution in [2.45, 2.75) is 61.3 Å². The van der Waals surface area contributed by atoms with Gasteiger partial charge in [0.2, 0.25) is 0 Å². The van der Waals surface area contributed by atoms with Crippen molar-refractivity contribution in [1.29, 1.82) is 0 Å². The van der Waals surface area contributed by atoms with Gasteiger partial charge < -0.3 is 50.3 Å². The molecule has 2 saturated heterocycles. The molecule has 12 nitrogen and oxygen atoms in total. The third-order valence-electron chi connectivity index (χ3n) is 5.80. The molecule has 2 aliphatic heterocycles. The Morgan fingerprint density at radius 3 is 1.34 bits per heavy atom. The maximum absolute atomic E-state index is 10.2. The van der Waals surface area contributed by atoms with Crippen LogP contribution in [0.5, 0.6) is 0 Å². The van der Waals surface area contributed by atoms with E-state index in [0.717, 1.165) is 11.1 Å². The van der Waals surface area contributed by atoms with Crippen LogP contribution in [-0.4, -0.2) is 116 Å². The van der Waals surface area contributed by atoms with Crippen LogP contribution >= 0.6 is 0 Å². The highest BCUT2D eigenvalue weighted by Crippen LogP contribution is 2.28. The van der Waals surface area contributed by atoms with Crippen LogP contribution in [0.2, 0.25) is 0 Å². The zero-order valence-corrected chi connectivity index (χ0v) is 17.3. The summed E-state index contributed by atoms with van der Waals surface area (Å²) in [4.78, 5) is 0. The highest BCUT2D eigenvalue weighted by atomic mass is 16.5. The van der Waals surface area contributed by atoms with E-state index < -0.39 is 74.5 Å². The molecule has 0 spiro atoms. The van der Waals surface area contributed by atoms with E-state index in [1.54, 1.807) is 24.3 Å². The first kappa shape index (κ1) is 25.4. The van der Waals surface area contributed by atoms with Gasteiger partial charge >= 0.3 is 0 Å². The van der Waals surface area contributed by atoms with Crippen molar-refractivity contribution in [2.75, 3.05) is 26.3 Å². The Hall–Kier alpha value is -1.26. The summed E-state index contributed by atoms with van der Waals surface area (Å²) in [5.74, 6) is 0. The van der Waals surface area contributed by atoms with Crippen LogP contribution in [0, 0.1) is 0 Å². The molecule has 10 atom stereocenters. The molecule has 182 valence electrons. The van der Waals surface area contributed by atoms with Gasteiger partial charge in [-0.05, 0) is 11.1 Å². The molecule has 2 fully saturated rings. The van der Waals surface area contributed by atoms with Crippen LogP contribution in [0.25, 0.3) is 0 Å². The summed E-state index contributed by atoms with van der Waals surface area (Å²) in [5, 5.41) is 82.9. The van der Waals surface area contributed by atoms with E-state index >= 15 is 0 Å². The fraction of sp³-hybridized carbons (Fsp3) is 0.700. The third kappa shape index (κ3) is 5.62. The van der Waals surface area contributed by atoms with Crippen molar-refractivity contribution in [3.8, 4) is 0 Å². The van der Waals surface area contributed by atoms with Crippen LogP contribution in [0.15, 0.2) is 24.3 Å². The summed E-state index contributed by atoms with van der Waals surface area (Å²) in [6.07, 6.45) is -11.5. The summed E-state index contributed by atoms with van der Waals surface area (Å²) in [5.41, 5.74) is 1.49. The van der Waals surface area contributed by atoms with Crippen LogP contribution in [-0.2, 0) is 9.47 Å². The quantitative estimate of drug-likeness (QED) is 0.161. The normalized spacial score (nSPS) is 31.8. The monoisotopic (exact) mass is 460 g/mol. The van der Waals surface area contributed by atoms with Gasteiger partial charge in [0.1, 0.15) is 61.3 Å². The molecule has 0 radical (unpaired) electrons. The summed E-state index contributed by atoms with van der Waals surface area (Å²) >= 11 is 0. The first-order valence-electron chi connectivity index (χ1n) is 10.4. The van der Waals surface area contributed by atoms with Crippen LogP contribution in [0.1, 0.15) is 23.6 Å². The van der Waals surface area contributed by atoms with Gasteiger partial charge in [-0.2, -0.15) is 0 Å². The van der Waals surface area contributed by atoms with Gasteiger partial charge in [0, 0.05) is 13.1 Å². The first-order chi connectivity index (χ1) is 15.3. The minimum absolute atomic E-state index is 0.234. The standard InChI is InChI=1S/C20H32N2O10/c23-7-11(25)15(27)17(29)13-5-21-19(31-13)9-1-2-10(4-3-9)20-22-6-14(32-20)18(30)16(28)12(26)8-24/h1-4,11-30H,5-8H2/t11-,12-,13+,14+,15-,16-,17-,18-,19-,20-/m1/s1. The highest BCUT2D eigenvalue weighted by Gasteiger charge is 2.39. The molecule has 10 N–H and O–H groups in total. The zero-order chi connectivity index (χ0) is 23.4. The summed E-state index contributed by atoms with van der Waals surface area (Å²) in [6, 6.07) is 7.11. The summed E-state index contributed by atoms with van der Waals surface area (Å²) in [7, 11) is 0. The second-order valence-electron chi connectivity index (χ2n) is 8.05. The van der Waals surface area contributed by atoms with E-state index in [1.165, 1.54) is 0 Å². The van der Waals surface area contributed by atoms with Gasteiger partial charge in [-0.1, -0.05) is 24.3 Å². The van der Waals surface area contributed by atoms with Crippen LogP contribution < -0.4 is 10.6 Å². The average molecular weight is 460 g/mol. The van der Waals surface area contributed by atoms with E-state index in [9.17, 15) is 30.6 Å². The van der Waals surface area contributed by atoms with Gasteiger partial charge in [0.25, 0.3) is 0 Å². The van der Waals surface area contributed by atoms with E-state index in [4.69, 9.17) is 19.7 Å². The summed E-state index contributed by atoms with van der Waals surface area (Å²) < 4.78 is 11.5. The molecule has 0 bridgehead atoms. The first-order valence-corrected chi connectivity index (χ1v) is 10.4. The van der Waals surface area contributed by atoms with Crippen molar-refractivity contribution >= 4 is 0 Å². The number of hydrogen-bond donors (Lipinski definition) is 10. The van der Waals surface area contributed by atoms with Gasteiger partial charge in [-0.3, -0.25) is 10.6 Å². The average Bonchev–Trinajstić information content (AvgIpc) is 3.51. The molecule has 1 aromatic rings. The molecular formula is C20H32N2O10. The van der Waals surface area contributed by atoms with E-state index in [0.29, 0.717) is 0 Å². The SMILES string of the molecule is OC[C@@H](O)[C@@H](O)[C@H](O)[C@@H]1CN[C@@H](c2ccc([C@@H]3NC[C@@H]([C@@H](O)[C@H](O)[C@H](O)CO)O3)cc2)O1. The molecule has 32 heavy (non-hydrogen) atoms. The van der Waals surface area contributed by atoms with Crippen molar-refractivity contribution in [3.63, 3.8) is 0 Å². The number of benzene rings is 1. The predicted molar refractivity (Wildman–Crippen MR) is 108 cm³/mol. The lowest BCUT2D eigenvalue weighted by Crippen LogP contribution is -2.47. The van der Waals surface area contributed by atoms with Crippen LogP contribution in [0.3, 0.4) is 0 Å². The lowest BCUT2D eigenvalue weighted by Gasteiger charge is -2.26. The minimum Gasteiger partial charge on any atom is -0.394 e. The number of aliphatic hydroxyl groups excluding tert-OH is 8. The second-order valence-corrected chi connectivity index (χ2v) is 8.05. The molecule has 3 rings (SSSR count). The molecule has 0 amide bonds. The Morgan fingerprint density at radius 2 is 1.03 bits per heavy atom.